The molecule has 3 nitrogen and oxygen atoms in total. The summed E-state index contributed by atoms with van der Waals surface area (Å²) in [5, 5.41) is -0.303. The molecule has 1 aromatic carbocycles. The average Bonchev–Trinajstić information content (AvgIpc) is 2.02. The standard InChI is InChI=1S/C9H12ClNO2S/c1-6(2)14(12,13)9-4-3-7(11)5-8(9)10/h3-6H,11H2,1-2H3. The minimum absolute atomic E-state index is 0.142. The third-order valence-electron chi connectivity index (χ3n) is 1.88. The third kappa shape index (κ3) is 2.01. The van der Waals surface area contributed by atoms with Crippen molar-refractivity contribution in [2.45, 2.75) is 24.0 Å². The number of hydrogen-bond donors (Lipinski definition) is 1. The van der Waals surface area contributed by atoms with E-state index in [4.69, 9.17) is 17.3 Å². The zero-order chi connectivity index (χ0) is 10.9. The quantitative estimate of drug-likeness (QED) is 0.796. The van der Waals surface area contributed by atoms with Crippen LogP contribution in [0.3, 0.4) is 0 Å². The van der Waals surface area contributed by atoms with E-state index >= 15 is 0 Å². The molecule has 2 N–H and O–H groups in total. The predicted octanol–water partition coefficient (Wildman–Crippen LogP) is 2.10. The van der Waals surface area contributed by atoms with Gasteiger partial charge in [0.1, 0.15) is 0 Å². The van der Waals surface area contributed by atoms with Gasteiger partial charge in [0.2, 0.25) is 0 Å². The summed E-state index contributed by atoms with van der Waals surface area (Å²) in [5.74, 6) is 0. The molecule has 0 atom stereocenters. The van der Waals surface area contributed by atoms with E-state index in [0.29, 0.717) is 5.69 Å². The fourth-order valence-corrected chi connectivity index (χ4v) is 2.61. The summed E-state index contributed by atoms with van der Waals surface area (Å²) < 4.78 is 23.5. The first-order chi connectivity index (χ1) is 6.35. The highest BCUT2D eigenvalue weighted by atomic mass is 35.5. The van der Waals surface area contributed by atoms with Crippen LogP contribution < -0.4 is 5.73 Å². The first-order valence-electron chi connectivity index (χ1n) is 4.14. The van der Waals surface area contributed by atoms with Gasteiger partial charge in [-0.1, -0.05) is 11.6 Å². The number of hydrogen-bond acceptors (Lipinski definition) is 3. The molecule has 14 heavy (non-hydrogen) atoms. The highest BCUT2D eigenvalue weighted by molar-refractivity contribution is 7.92. The van der Waals surface area contributed by atoms with Crippen LogP contribution in [0.1, 0.15) is 13.8 Å². The van der Waals surface area contributed by atoms with E-state index in [1.54, 1.807) is 13.8 Å². The predicted molar refractivity (Wildman–Crippen MR) is 58.2 cm³/mol. The van der Waals surface area contributed by atoms with Crippen LogP contribution >= 0.6 is 11.6 Å². The van der Waals surface area contributed by atoms with Crippen molar-refractivity contribution in [1.82, 2.24) is 0 Å². The van der Waals surface area contributed by atoms with Crippen molar-refractivity contribution >= 4 is 27.1 Å². The van der Waals surface area contributed by atoms with Gasteiger partial charge in [0, 0.05) is 5.69 Å². The molecule has 5 heteroatoms. The Morgan fingerprint density at radius 3 is 2.36 bits per heavy atom. The molecule has 0 fully saturated rings. The van der Waals surface area contributed by atoms with Crippen molar-refractivity contribution in [3.05, 3.63) is 23.2 Å². The molecule has 0 aliphatic rings. The van der Waals surface area contributed by atoms with Crippen LogP contribution in [-0.2, 0) is 9.84 Å². The van der Waals surface area contributed by atoms with E-state index in [0.717, 1.165) is 0 Å². The molecule has 0 unspecified atom stereocenters. The fraction of sp³-hybridized carbons (Fsp3) is 0.333. The van der Waals surface area contributed by atoms with Gasteiger partial charge in [-0.15, -0.1) is 0 Å². The van der Waals surface area contributed by atoms with Crippen molar-refractivity contribution in [3.8, 4) is 0 Å². The zero-order valence-corrected chi connectivity index (χ0v) is 9.56. The Balaban J connectivity index is 3.35. The Kier molecular flexibility index (Phi) is 3.07. The van der Waals surface area contributed by atoms with Crippen LogP contribution in [0.5, 0.6) is 0 Å². The molecule has 0 aliphatic heterocycles. The van der Waals surface area contributed by atoms with Crippen molar-refractivity contribution in [1.29, 1.82) is 0 Å². The smallest absolute Gasteiger partial charge is 0.182 e. The molecule has 0 heterocycles. The number of benzene rings is 1. The number of rotatable bonds is 2. The Morgan fingerprint density at radius 1 is 1.36 bits per heavy atom. The molecular weight excluding hydrogens is 222 g/mol. The number of sulfone groups is 1. The number of anilines is 1. The maximum Gasteiger partial charge on any atom is 0.182 e. The molecule has 0 amide bonds. The molecule has 0 spiro atoms. The van der Waals surface area contributed by atoms with Crippen LogP contribution in [-0.4, -0.2) is 13.7 Å². The van der Waals surface area contributed by atoms with Crippen LogP contribution in [0.4, 0.5) is 5.69 Å². The summed E-state index contributed by atoms with van der Waals surface area (Å²) in [5.41, 5.74) is 5.92. The van der Waals surface area contributed by atoms with E-state index in [-0.39, 0.29) is 9.92 Å². The van der Waals surface area contributed by atoms with E-state index < -0.39 is 15.1 Å². The van der Waals surface area contributed by atoms with Crippen LogP contribution in [0.15, 0.2) is 23.1 Å². The first-order valence-corrected chi connectivity index (χ1v) is 6.07. The molecule has 0 bridgehead atoms. The largest absolute Gasteiger partial charge is 0.399 e. The van der Waals surface area contributed by atoms with E-state index in [1.165, 1.54) is 18.2 Å². The van der Waals surface area contributed by atoms with Gasteiger partial charge in [0.25, 0.3) is 0 Å². The van der Waals surface area contributed by atoms with Gasteiger partial charge in [0.05, 0.1) is 15.2 Å². The second kappa shape index (κ2) is 3.79. The summed E-state index contributed by atoms with van der Waals surface area (Å²) in [4.78, 5) is 0.142. The van der Waals surface area contributed by atoms with Crippen molar-refractivity contribution in [2.75, 3.05) is 5.73 Å². The first kappa shape index (κ1) is 11.3. The van der Waals surface area contributed by atoms with Crippen molar-refractivity contribution in [3.63, 3.8) is 0 Å². The lowest BCUT2D eigenvalue weighted by Gasteiger charge is -2.09. The summed E-state index contributed by atoms with van der Waals surface area (Å²) >= 11 is 5.80. The lowest BCUT2D eigenvalue weighted by Crippen LogP contribution is -2.14. The van der Waals surface area contributed by atoms with E-state index in [2.05, 4.69) is 0 Å². The Bertz CT molecular complexity index is 440. The van der Waals surface area contributed by atoms with E-state index in [9.17, 15) is 8.42 Å². The molecule has 1 aromatic rings. The molecule has 1 rings (SSSR count). The summed E-state index contributed by atoms with van der Waals surface area (Å²) in [7, 11) is -3.31. The summed E-state index contributed by atoms with van der Waals surface area (Å²) in [6, 6.07) is 4.41. The van der Waals surface area contributed by atoms with Crippen LogP contribution in [0.25, 0.3) is 0 Å². The van der Waals surface area contributed by atoms with Gasteiger partial charge in [-0.3, -0.25) is 0 Å². The molecule has 0 aromatic heterocycles. The normalized spacial score (nSPS) is 12.0. The SMILES string of the molecule is CC(C)S(=O)(=O)c1ccc(N)cc1Cl. The summed E-state index contributed by atoms with van der Waals surface area (Å²) in [6.07, 6.45) is 0. The average molecular weight is 234 g/mol. The van der Waals surface area contributed by atoms with Gasteiger partial charge in [-0.2, -0.15) is 0 Å². The third-order valence-corrected chi connectivity index (χ3v) is 4.52. The monoisotopic (exact) mass is 233 g/mol. The van der Waals surface area contributed by atoms with Gasteiger partial charge in [0.15, 0.2) is 9.84 Å². The maximum absolute atomic E-state index is 11.7. The highest BCUT2D eigenvalue weighted by Gasteiger charge is 2.21. The van der Waals surface area contributed by atoms with Gasteiger partial charge in [-0.05, 0) is 32.0 Å². The second-order valence-corrected chi connectivity index (χ2v) is 6.16. The Hall–Kier alpha value is -0.740. The summed E-state index contributed by atoms with van der Waals surface area (Å²) in [6.45, 7) is 3.23. The maximum atomic E-state index is 11.7. The van der Waals surface area contributed by atoms with Crippen molar-refractivity contribution in [2.24, 2.45) is 0 Å². The molecule has 0 aliphatic carbocycles. The van der Waals surface area contributed by atoms with Gasteiger partial charge >= 0.3 is 0 Å². The number of nitrogens with two attached hydrogens (primary N) is 1. The fourth-order valence-electron chi connectivity index (χ4n) is 1.00. The van der Waals surface area contributed by atoms with Crippen molar-refractivity contribution < 1.29 is 8.42 Å². The molecule has 0 saturated carbocycles. The minimum atomic E-state index is -3.31. The highest BCUT2D eigenvalue weighted by Crippen LogP contribution is 2.26. The topological polar surface area (TPSA) is 60.2 Å². The van der Waals surface area contributed by atoms with Gasteiger partial charge < -0.3 is 5.73 Å². The molecule has 0 radical (unpaired) electrons. The minimum Gasteiger partial charge on any atom is -0.399 e. The molecule has 0 saturated heterocycles. The van der Waals surface area contributed by atoms with Gasteiger partial charge in [-0.25, -0.2) is 8.42 Å². The number of halogens is 1. The van der Waals surface area contributed by atoms with Crippen LogP contribution in [0, 0.1) is 0 Å². The van der Waals surface area contributed by atoms with Crippen LogP contribution in [0.2, 0.25) is 5.02 Å². The lowest BCUT2D eigenvalue weighted by atomic mass is 10.3. The second-order valence-electron chi connectivity index (χ2n) is 3.28. The van der Waals surface area contributed by atoms with E-state index in [1.807, 2.05) is 0 Å². The molecule has 78 valence electrons. The molecular formula is C9H12ClNO2S. The number of nitrogen functional groups attached to an aromatic ring is 1. The Morgan fingerprint density at radius 2 is 1.93 bits per heavy atom. The lowest BCUT2D eigenvalue weighted by molar-refractivity contribution is 0.587. The Labute approximate surface area is 88.8 Å². The zero-order valence-electron chi connectivity index (χ0n) is 7.99.